The average Bonchev–Trinajstić information content (AvgIpc) is 3.26. The minimum atomic E-state index is -0.0924. The van der Waals surface area contributed by atoms with Gasteiger partial charge in [-0.25, -0.2) is 0 Å². The van der Waals surface area contributed by atoms with Crippen LogP contribution in [-0.4, -0.2) is 60.7 Å². The van der Waals surface area contributed by atoms with Crippen molar-refractivity contribution in [3.05, 3.63) is 47.7 Å². The lowest BCUT2D eigenvalue weighted by Gasteiger charge is -2.20. The standard InChI is InChI=1S/C18H29NO.C14H23N3O.2C2H6/c1-5-9-16(6-2)11-8-13-19(4)18(20)17-12-7-10-15(3)14-17;1-3-5-13-6-4-10-17(11-7-13)14(18)12(2)16-9-8-15;2*1-2/h7,10,12,14,16H,5-6,8-9,11,13H2,1-4H3;8-9,13,15H,2-7,10-11H2,1H3;2*1-2H3. The topological polar surface area (TPSA) is 76.8 Å². The Morgan fingerprint density at radius 1 is 1.10 bits per heavy atom. The van der Waals surface area contributed by atoms with Crippen LogP contribution >= 0.6 is 0 Å². The Balaban J connectivity index is 0. The summed E-state index contributed by atoms with van der Waals surface area (Å²) in [6, 6.07) is 7.83. The van der Waals surface area contributed by atoms with E-state index in [1.165, 1.54) is 51.2 Å². The molecule has 1 aromatic rings. The summed E-state index contributed by atoms with van der Waals surface area (Å²) >= 11 is 0. The van der Waals surface area contributed by atoms with Crippen molar-refractivity contribution < 1.29 is 9.59 Å². The molecule has 42 heavy (non-hydrogen) atoms. The van der Waals surface area contributed by atoms with Crippen LogP contribution in [0, 0.1) is 24.2 Å². The fourth-order valence-electron chi connectivity index (χ4n) is 5.11. The number of nitrogens with one attached hydrogen (secondary N) is 1. The Morgan fingerprint density at radius 3 is 2.36 bits per heavy atom. The second-order valence-electron chi connectivity index (χ2n) is 10.6. The van der Waals surface area contributed by atoms with Gasteiger partial charge in [-0.3, -0.25) is 14.6 Å². The zero-order chi connectivity index (χ0) is 32.3. The number of amides is 2. The summed E-state index contributed by atoms with van der Waals surface area (Å²) in [6.45, 7) is 22.9. The Kier molecular flexibility index (Phi) is 26.7. The van der Waals surface area contributed by atoms with Crippen LogP contribution in [0.2, 0.25) is 0 Å². The van der Waals surface area contributed by atoms with Gasteiger partial charge in [-0.05, 0) is 63.0 Å². The summed E-state index contributed by atoms with van der Waals surface area (Å²) in [6.07, 6.45) is 14.3. The van der Waals surface area contributed by atoms with Gasteiger partial charge in [0.1, 0.15) is 5.70 Å². The fraction of sp³-hybridized carbons (Fsp3) is 0.667. The number of benzene rings is 1. The molecule has 0 bridgehead atoms. The number of nitrogens with zero attached hydrogens (tertiary/aromatic N) is 3. The van der Waals surface area contributed by atoms with Gasteiger partial charge in [0.2, 0.25) is 0 Å². The summed E-state index contributed by atoms with van der Waals surface area (Å²) < 4.78 is 0. The van der Waals surface area contributed by atoms with E-state index in [0.29, 0.717) is 0 Å². The summed E-state index contributed by atoms with van der Waals surface area (Å²) in [7, 11) is 1.91. The summed E-state index contributed by atoms with van der Waals surface area (Å²) in [5.41, 5.74) is 2.17. The van der Waals surface area contributed by atoms with Gasteiger partial charge in [0.25, 0.3) is 11.8 Å². The number of carbonyl (C=O) groups excluding carboxylic acids is 2. The number of hydrogen-bond donors (Lipinski definition) is 1. The van der Waals surface area contributed by atoms with Gasteiger partial charge in [-0.1, -0.05) is 105 Å². The van der Waals surface area contributed by atoms with E-state index in [0.717, 1.165) is 68.1 Å². The Morgan fingerprint density at radius 2 is 1.79 bits per heavy atom. The third-order valence-corrected chi connectivity index (χ3v) is 7.38. The molecule has 0 aromatic heterocycles. The van der Waals surface area contributed by atoms with Gasteiger partial charge in [0.15, 0.2) is 0 Å². The molecule has 2 atom stereocenters. The number of aliphatic imine (C=N–C) groups is 1. The van der Waals surface area contributed by atoms with Crippen LogP contribution in [0.4, 0.5) is 0 Å². The van der Waals surface area contributed by atoms with Crippen molar-refractivity contribution in [2.45, 2.75) is 120 Å². The molecule has 6 nitrogen and oxygen atoms in total. The highest BCUT2D eigenvalue weighted by Gasteiger charge is 2.21. The molecule has 0 saturated carbocycles. The van der Waals surface area contributed by atoms with Crippen molar-refractivity contribution in [1.82, 2.24) is 9.80 Å². The number of hydrogen-bond acceptors (Lipinski definition) is 4. The van der Waals surface area contributed by atoms with E-state index in [-0.39, 0.29) is 17.5 Å². The second kappa shape index (κ2) is 27.1. The summed E-state index contributed by atoms with van der Waals surface area (Å²) in [5.74, 6) is 1.62. The van der Waals surface area contributed by atoms with Crippen molar-refractivity contribution >= 4 is 24.2 Å². The van der Waals surface area contributed by atoms with E-state index in [4.69, 9.17) is 5.41 Å². The predicted molar refractivity (Wildman–Crippen MR) is 184 cm³/mol. The largest absolute Gasteiger partial charge is 0.342 e. The summed E-state index contributed by atoms with van der Waals surface area (Å²) in [5, 5.41) is 6.85. The van der Waals surface area contributed by atoms with Gasteiger partial charge in [-0.2, -0.15) is 0 Å². The third-order valence-electron chi connectivity index (χ3n) is 7.38. The monoisotopic (exact) mass is 585 g/mol. The smallest absolute Gasteiger partial charge is 0.271 e. The molecule has 1 saturated heterocycles. The molecular formula is C36H64N4O2. The first kappa shape index (κ1) is 41.4. The molecule has 0 radical (unpaired) electrons. The van der Waals surface area contributed by atoms with Gasteiger partial charge in [-0.15, -0.1) is 0 Å². The van der Waals surface area contributed by atoms with Crippen LogP contribution in [0.3, 0.4) is 0 Å². The lowest BCUT2D eigenvalue weighted by atomic mass is 9.95. The first-order valence-electron chi connectivity index (χ1n) is 16.6. The number of likely N-dealkylation sites (tertiary alicyclic amines) is 1. The molecule has 1 N–H and O–H groups in total. The minimum absolute atomic E-state index is 0.0924. The predicted octanol–water partition coefficient (Wildman–Crippen LogP) is 9.38. The van der Waals surface area contributed by atoms with Crippen LogP contribution in [0.15, 0.2) is 41.5 Å². The molecule has 1 aromatic carbocycles. The van der Waals surface area contributed by atoms with Crippen molar-refractivity contribution in [2.24, 2.45) is 16.8 Å². The van der Waals surface area contributed by atoms with Gasteiger partial charge >= 0.3 is 0 Å². The van der Waals surface area contributed by atoms with Crippen LogP contribution < -0.4 is 0 Å². The van der Waals surface area contributed by atoms with Crippen molar-refractivity contribution in [3.63, 3.8) is 0 Å². The molecule has 0 aliphatic carbocycles. The highest BCUT2D eigenvalue weighted by atomic mass is 16.2. The van der Waals surface area contributed by atoms with Gasteiger partial charge in [0.05, 0.1) is 0 Å². The van der Waals surface area contributed by atoms with Crippen LogP contribution in [0.25, 0.3) is 0 Å². The number of aryl methyl sites for hydroxylation is 1. The number of carbonyl (C=O) groups is 2. The van der Waals surface area contributed by atoms with Crippen LogP contribution in [0.1, 0.15) is 129 Å². The first-order chi connectivity index (χ1) is 20.3. The van der Waals surface area contributed by atoms with Gasteiger partial charge in [0, 0.05) is 44.7 Å². The van der Waals surface area contributed by atoms with E-state index in [1.54, 1.807) is 0 Å². The van der Waals surface area contributed by atoms with E-state index in [1.807, 2.05) is 75.7 Å². The maximum atomic E-state index is 12.3. The molecule has 1 heterocycles. The lowest BCUT2D eigenvalue weighted by molar-refractivity contribution is -0.127. The van der Waals surface area contributed by atoms with Crippen LogP contribution in [-0.2, 0) is 4.79 Å². The molecule has 2 unspecified atom stereocenters. The second-order valence-corrected chi connectivity index (χ2v) is 10.6. The lowest BCUT2D eigenvalue weighted by Crippen LogP contribution is -2.32. The number of rotatable bonds is 13. The molecule has 1 aliphatic heterocycles. The highest BCUT2D eigenvalue weighted by Crippen LogP contribution is 2.22. The Labute approximate surface area is 259 Å². The van der Waals surface area contributed by atoms with E-state index in [2.05, 4.69) is 32.3 Å². The average molecular weight is 585 g/mol. The minimum Gasteiger partial charge on any atom is -0.342 e. The fourth-order valence-corrected chi connectivity index (χ4v) is 5.11. The van der Waals surface area contributed by atoms with E-state index in [9.17, 15) is 9.59 Å². The Hall–Kier alpha value is -2.76. The molecule has 1 fully saturated rings. The van der Waals surface area contributed by atoms with E-state index >= 15 is 0 Å². The van der Waals surface area contributed by atoms with Crippen LogP contribution in [0.5, 0.6) is 0 Å². The maximum Gasteiger partial charge on any atom is 0.271 e. The molecule has 2 rings (SSSR count). The van der Waals surface area contributed by atoms with Gasteiger partial charge < -0.3 is 15.2 Å². The molecule has 2 amide bonds. The SMILES string of the molecule is C=C(N=CC=N)C(=O)N1CCCC(CCC)CC1.CC.CC.CCCC(CC)CCCN(C)C(=O)c1cccc(C)c1. The quantitative estimate of drug-likeness (QED) is 0.185. The van der Waals surface area contributed by atoms with Crippen molar-refractivity contribution in [2.75, 3.05) is 26.7 Å². The molecule has 6 heteroatoms. The maximum absolute atomic E-state index is 12.3. The molecule has 1 aliphatic rings. The summed E-state index contributed by atoms with van der Waals surface area (Å²) in [4.78, 5) is 31.9. The molecule has 240 valence electrons. The molecule has 0 spiro atoms. The first-order valence-corrected chi connectivity index (χ1v) is 16.6. The third kappa shape index (κ3) is 17.9. The zero-order valence-corrected chi connectivity index (χ0v) is 28.7. The van der Waals surface area contributed by atoms with E-state index < -0.39 is 0 Å². The van der Waals surface area contributed by atoms with Crippen molar-refractivity contribution in [3.8, 4) is 0 Å². The van der Waals surface area contributed by atoms with Crippen molar-refractivity contribution in [1.29, 1.82) is 5.41 Å². The zero-order valence-electron chi connectivity index (χ0n) is 28.7. The normalized spacial score (nSPS) is 15.0. The Bertz CT molecular complexity index is 896. The molecular weight excluding hydrogens is 520 g/mol. The highest BCUT2D eigenvalue weighted by molar-refractivity contribution is 6.15.